The molecule has 3 aliphatic rings. The molecule has 28 heavy (non-hydrogen) atoms. The van der Waals surface area contributed by atoms with E-state index in [1.165, 1.54) is 12.8 Å². The SMILES string of the molecule is CCNC(=NCc1cccc(NC(=O)C2CCC2)c1)NC1CC2CCC1O2.I. The third-order valence-electron chi connectivity index (χ3n) is 5.86. The van der Waals surface area contributed by atoms with Crippen LogP contribution >= 0.6 is 24.0 Å². The molecule has 154 valence electrons. The van der Waals surface area contributed by atoms with Crippen LogP contribution in [0.2, 0.25) is 0 Å². The summed E-state index contributed by atoms with van der Waals surface area (Å²) < 4.78 is 5.93. The Morgan fingerprint density at radius 1 is 1.25 bits per heavy atom. The number of nitrogens with zero attached hydrogens (tertiary/aromatic N) is 1. The van der Waals surface area contributed by atoms with Crippen LogP contribution in [-0.2, 0) is 16.1 Å². The predicted molar refractivity (Wildman–Crippen MR) is 122 cm³/mol. The van der Waals surface area contributed by atoms with Gasteiger partial charge in [0, 0.05) is 18.2 Å². The van der Waals surface area contributed by atoms with Crippen molar-refractivity contribution in [2.75, 3.05) is 11.9 Å². The fraction of sp³-hybridized carbons (Fsp3) is 0.619. The lowest BCUT2D eigenvalue weighted by molar-refractivity contribution is -0.122. The summed E-state index contributed by atoms with van der Waals surface area (Å²) in [4.78, 5) is 16.9. The van der Waals surface area contributed by atoms with Gasteiger partial charge in [0.2, 0.25) is 5.91 Å². The Bertz CT molecular complexity index is 707. The van der Waals surface area contributed by atoms with Gasteiger partial charge in [-0.25, -0.2) is 4.99 Å². The van der Waals surface area contributed by atoms with E-state index in [-0.39, 0.29) is 35.8 Å². The summed E-state index contributed by atoms with van der Waals surface area (Å²) in [6, 6.07) is 8.34. The zero-order chi connectivity index (χ0) is 18.6. The van der Waals surface area contributed by atoms with E-state index >= 15 is 0 Å². The van der Waals surface area contributed by atoms with Crippen LogP contribution in [0.5, 0.6) is 0 Å². The Morgan fingerprint density at radius 3 is 2.75 bits per heavy atom. The number of hydrogen-bond donors (Lipinski definition) is 3. The normalized spacial score (nSPS) is 26.3. The number of aliphatic imine (C=N–C) groups is 1. The van der Waals surface area contributed by atoms with E-state index in [0.29, 0.717) is 24.8 Å². The number of carbonyl (C=O) groups excluding carboxylic acids is 1. The van der Waals surface area contributed by atoms with Crippen LogP contribution in [0, 0.1) is 5.92 Å². The van der Waals surface area contributed by atoms with Crippen LogP contribution < -0.4 is 16.0 Å². The summed E-state index contributed by atoms with van der Waals surface area (Å²) in [5.74, 6) is 1.18. The maximum atomic E-state index is 12.1. The number of anilines is 1. The van der Waals surface area contributed by atoms with Crippen molar-refractivity contribution in [1.82, 2.24) is 10.6 Å². The van der Waals surface area contributed by atoms with Gasteiger partial charge in [-0.3, -0.25) is 4.79 Å². The predicted octanol–water partition coefficient (Wildman–Crippen LogP) is 3.42. The van der Waals surface area contributed by atoms with Gasteiger partial charge >= 0.3 is 0 Å². The molecule has 3 atom stereocenters. The van der Waals surface area contributed by atoms with Crippen LogP contribution in [0.4, 0.5) is 5.69 Å². The van der Waals surface area contributed by atoms with Crippen LogP contribution in [0.3, 0.4) is 0 Å². The van der Waals surface area contributed by atoms with Crippen molar-refractivity contribution in [3.8, 4) is 0 Å². The molecule has 3 N–H and O–H groups in total. The Kier molecular flexibility index (Phi) is 7.56. The van der Waals surface area contributed by atoms with Crippen LogP contribution in [0.1, 0.15) is 51.0 Å². The van der Waals surface area contributed by atoms with E-state index in [9.17, 15) is 4.79 Å². The average molecular weight is 498 g/mol. The smallest absolute Gasteiger partial charge is 0.227 e. The molecule has 3 unspecified atom stereocenters. The Morgan fingerprint density at radius 2 is 2.11 bits per heavy atom. The molecule has 0 radical (unpaired) electrons. The minimum atomic E-state index is 0. The summed E-state index contributed by atoms with van der Waals surface area (Å²) in [6.45, 7) is 3.47. The van der Waals surface area contributed by atoms with E-state index < -0.39 is 0 Å². The molecular weight excluding hydrogens is 467 g/mol. The van der Waals surface area contributed by atoms with E-state index in [4.69, 9.17) is 9.73 Å². The average Bonchev–Trinajstić information content (AvgIpc) is 3.21. The molecule has 1 saturated carbocycles. The highest BCUT2D eigenvalue weighted by atomic mass is 127. The molecule has 2 heterocycles. The summed E-state index contributed by atoms with van der Waals surface area (Å²) in [7, 11) is 0. The van der Waals surface area contributed by atoms with Crippen molar-refractivity contribution in [2.45, 2.75) is 70.2 Å². The first kappa shape index (κ1) is 21.4. The first-order valence-corrected chi connectivity index (χ1v) is 10.3. The second-order valence-electron chi connectivity index (χ2n) is 7.87. The Hall–Kier alpha value is -1.35. The second-order valence-corrected chi connectivity index (χ2v) is 7.87. The Balaban J connectivity index is 0.00000225. The number of ether oxygens (including phenoxy) is 1. The van der Waals surface area contributed by atoms with E-state index in [1.54, 1.807) is 0 Å². The fourth-order valence-electron chi connectivity index (χ4n) is 4.12. The van der Waals surface area contributed by atoms with Crippen LogP contribution in [0.25, 0.3) is 0 Å². The minimum absolute atomic E-state index is 0. The van der Waals surface area contributed by atoms with Crippen molar-refractivity contribution in [2.24, 2.45) is 10.9 Å². The van der Waals surface area contributed by atoms with E-state index in [1.807, 2.05) is 24.3 Å². The number of amides is 1. The van der Waals surface area contributed by atoms with Gasteiger partial charge in [-0.15, -0.1) is 24.0 Å². The highest BCUT2D eigenvalue weighted by Crippen LogP contribution is 2.34. The lowest BCUT2D eigenvalue weighted by Crippen LogP contribution is -2.47. The number of hydrogen-bond acceptors (Lipinski definition) is 3. The number of nitrogens with one attached hydrogen (secondary N) is 3. The first-order valence-electron chi connectivity index (χ1n) is 10.3. The van der Waals surface area contributed by atoms with Crippen molar-refractivity contribution >= 4 is 41.5 Å². The maximum absolute atomic E-state index is 12.1. The number of benzene rings is 1. The molecule has 1 amide bonds. The topological polar surface area (TPSA) is 74.8 Å². The van der Waals surface area contributed by atoms with Crippen molar-refractivity contribution < 1.29 is 9.53 Å². The summed E-state index contributed by atoms with van der Waals surface area (Å²) in [5, 5.41) is 9.91. The molecule has 4 rings (SSSR count). The summed E-state index contributed by atoms with van der Waals surface area (Å²) in [5.41, 5.74) is 1.95. The largest absolute Gasteiger partial charge is 0.373 e. The molecule has 2 aliphatic heterocycles. The lowest BCUT2D eigenvalue weighted by Gasteiger charge is -2.24. The van der Waals surface area contributed by atoms with Gasteiger partial charge in [0.05, 0.1) is 24.8 Å². The molecule has 1 aromatic rings. The zero-order valence-electron chi connectivity index (χ0n) is 16.4. The van der Waals surface area contributed by atoms with Crippen LogP contribution in [0.15, 0.2) is 29.3 Å². The van der Waals surface area contributed by atoms with Crippen LogP contribution in [-0.4, -0.2) is 36.7 Å². The number of carbonyl (C=O) groups is 1. The van der Waals surface area contributed by atoms with E-state index in [0.717, 1.165) is 49.4 Å². The molecule has 7 heteroatoms. The maximum Gasteiger partial charge on any atom is 0.227 e. The molecule has 6 nitrogen and oxygen atoms in total. The highest BCUT2D eigenvalue weighted by Gasteiger charge is 2.41. The lowest BCUT2D eigenvalue weighted by atomic mass is 9.85. The summed E-state index contributed by atoms with van der Waals surface area (Å²) >= 11 is 0. The van der Waals surface area contributed by atoms with Crippen molar-refractivity contribution in [1.29, 1.82) is 0 Å². The quantitative estimate of drug-likeness (QED) is 0.319. The van der Waals surface area contributed by atoms with Gasteiger partial charge in [0.15, 0.2) is 5.96 Å². The fourth-order valence-corrected chi connectivity index (χ4v) is 4.12. The molecule has 0 spiro atoms. The standard InChI is InChI=1S/C21H30N4O2.HI/c1-2-22-21(25-18-12-17-9-10-19(18)27-17)23-13-14-5-3-8-16(11-14)24-20(26)15-6-4-7-15;/h3,5,8,11,15,17-19H,2,4,6-7,9-10,12-13H2,1H3,(H,24,26)(H2,22,23,25);1H. The molecular formula is C21H31IN4O2. The van der Waals surface area contributed by atoms with Crippen molar-refractivity contribution in [3.63, 3.8) is 0 Å². The molecule has 2 saturated heterocycles. The van der Waals surface area contributed by atoms with Gasteiger partial charge in [-0.05, 0) is 56.7 Å². The van der Waals surface area contributed by atoms with Gasteiger partial charge < -0.3 is 20.7 Å². The highest BCUT2D eigenvalue weighted by molar-refractivity contribution is 14.0. The number of fused-ring (bicyclic) bond motifs is 2. The number of rotatable bonds is 6. The second kappa shape index (κ2) is 9.91. The summed E-state index contributed by atoms with van der Waals surface area (Å²) in [6.07, 6.45) is 7.34. The molecule has 2 bridgehead atoms. The number of guanidine groups is 1. The Labute approximate surface area is 184 Å². The van der Waals surface area contributed by atoms with Gasteiger partial charge in [0.25, 0.3) is 0 Å². The first-order chi connectivity index (χ1) is 13.2. The molecule has 0 aromatic heterocycles. The van der Waals surface area contributed by atoms with E-state index in [2.05, 4.69) is 22.9 Å². The molecule has 3 fully saturated rings. The van der Waals surface area contributed by atoms with Crippen molar-refractivity contribution in [3.05, 3.63) is 29.8 Å². The van der Waals surface area contributed by atoms with Gasteiger partial charge in [-0.2, -0.15) is 0 Å². The molecule has 1 aliphatic carbocycles. The third kappa shape index (κ3) is 5.17. The molecule has 1 aromatic carbocycles. The monoisotopic (exact) mass is 498 g/mol. The zero-order valence-corrected chi connectivity index (χ0v) is 18.8. The third-order valence-corrected chi connectivity index (χ3v) is 5.86. The van der Waals surface area contributed by atoms with Gasteiger partial charge in [0.1, 0.15) is 0 Å². The number of halogens is 1. The minimum Gasteiger partial charge on any atom is -0.373 e. The van der Waals surface area contributed by atoms with Gasteiger partial charge in [-0.1, -0.05) is 18.6 Å².